The van der Waals surface area contributed by atoms with E-state index in [4.69, 9.17) is 9.47 Å². The number of methoxy groups -OCH3 is 2. The van der Waals surface area contributed by atoms with Crippen LogP contribution in [-0.2, 0) is 17.8 Å². The van der Waals surface area contributed by atoms with Gasteiger partial charge < -0.3 is 19.3 Å². The van der Waals surface area contributed by atoms with Gasteiger partial charge in [-0.1, -0.05) is 25.1 Å². The first-order chi connectivity index (χ1) is 17.9. The van der Waals surface area contributed by atoms with Gasteiger partial charge in [0.05, 0.1) is 25.7 Å². The summed E-state index contributed by atoms with van der Waals surface area (Å²) in [5.41, 5.74) is 1.01. The van der Waals surface area contributed by atoms with Crippen molar-refractivity contribution in [2.24, 2.45) is 0 Å². The summed E-state index contributed by atoms with van der Waals surface area (Å²) >= 11 is 1.56. The SMILES string of the molecule is CCCN(CC(=O)N(CCc1ccc(OC)c(OC)c1)Cc1cccs1)C(=O)c1cccc([N+](=O)[O-])c1. The van der Waals surface area contributed by atoms with Gasteiger partial charge in [0.2, 0.25) is 5.91 Å². The number of nitro groups is 1. The molecule has 0 aliphatic heterocycles. The van der Waals surface area contributed by atoms with Gasteiger partial charge in [0, 0.05) is 35.7 Å². The fraction of sp³-hybridized carbons (Fsp3) is 0.333. The van der Waals surface area contributed by atoms with E-state index in [1.807, 2.05) is 42.6 Å². The van der Waals surface area contributed by atoms with Gasteiger partial charge in [-0.2, -0.15) is 0 Å². The van der Waals surface area contributed by atoms with E-state index in [1.165, 1.54) is 29.2 Å². The molecular formula is C27H31N3O6S. The number of ether oxygens (including phenoxy) is 2. The summed E-state index contributed by atoms with van der Waals surface area (Å²) < 4.78 is 10.7. The summed E-state index contributed by atoms with van der Waals surface area (Å²) in [5, 5.41) is 13.1. The summed E-state index contributed by atoms with van der Waals surface area (Å²) in [6, 6.07) is 15.2. The van der Waals surface area contributed by atoms with E-state index in [0.29, 0.717) is 44.0 Å². The number of thiophene rings is 1. The van der Waals surface area contributed by atoms with Crippen LogP contribution in [0, 0.1) is 10.1 Å². The fourth-order valence-electron chi connectivity index (χ4n) is 3.90. The summed E-state index contributed by atoms with van der Waals surface area (Å²) in [6.45, 7) is 3.02. The van der Waals surface area contributed by atoms with Crippen molar-refractivity contribution in [3.05, 3.63) is 86.1 Å². The Hall–Kier alpha value is -3.92. The summed E-state index contributed by atoms with van der Waals surface area (Å²) in [4.78, 5) is 41.6. The van der Waals surface area contributed by atoms with E-state index >= 15 is 0 Å². The molecule has 0 N–H and O–H groups in total. The third-order valence-electron chi connectivity index (χ3n) is 5.81. The summed E-state index contributed by atoms with van der Waals surface area (Å²) in [7, 11) is 3.16. The van der Waals surface area contributed by atoms with Crippen LogP contribution in [0.4, 0.5) is 5.69 Å². The lowest BCUT2D eigenvalue weighted by molar-refractivity contribution is -0.384. The highest BCUT2D eigenvalue weighted by Crippen LogP contribution is 2.28. The van der Waals surface area contributed by atoms with Crippen LogP contribution in [0.25, 0.3) is 0 Å². The average Bonchev–Trinajstić information content (AvgIpc) is 3.43. The van der Waals surface area contributed by atoms with E-state index < -0.39 is 10.8 Å². The predicted octanol–water partition coefficient (Wildman–Crippen LogP) is 4.80. The molecule has 0 atom stereocenters. The molecule has 9 nitrogen and oxygen atoms in total. The number of carbonyl (C=O) groups is 2. The molecule has 196 valence electrons. The Labute approximate surface area is 220 Å². The van der Waals surface area contributed by atoms with Crippen molar-refractivity contribution in [2.45, 2.75) is 26.3 Å². The third-order valence-corrected chi connectivity index (χ3v) is 6.67. The largest absolute Gasteiger partial charge is 0.493 e. The molecule has 3 aromatic rings. The van der Waals surface area contributed by atoms with Crippen LogP contribution >= 0.6 is 11.3 Å². The highest BCUT2D eigenvalue weighted by Gasteiger charge is 2.23. The zero-order valence-electron chi connectivity index (χ0n) is 21.2. The molecule has 0 saturated heterocycles. The fourth-order valence-corrected chi connectivity index (χ4v) is 4.62. The number of non-ortho nitro benzene ring substituents is 1. The predicted molar refractivity (Wildman–Crippen MR) is 142 cm³/mol. The zero-order chi connectivity index (χ0) is 26.8. The minimum atomic E-state index is -0.539. The van der Waals surface area contributed by atoms with E-state index in [-0.39, 0.29) is 23.7 Å². The molecular weight excluding hydrogens is 494 g/mol. The molecule has 1 heterocycles. The topological polar surface area (TPSA) is 102 Å². The second kappa shape index (κ2) is 13.4. The lowest BCUT2D eigenvalue weighted by Gasteiger charge is -2.27. The lowest BCUT2D eigenvalue weighted by atomic mass is 10.1. The molecule has 0 fully saturated rings. The van der Waals surface area contributed by atoms with Crippen molar-refractivity contribution in [3.8, 4) is 11.5 Å². The van der Waals surface area contributed by atoms with E-state index in [0.717, 1.165) is 10.4 Å². The monoisotopic (exact) mass is 525 g/mol. The van der Waals surface area contributed by atoms with Gasteiger partial charge in [-0.3, -0.25) is 19.7 Å². The first-order valence-corrected chi connectivity index (χ1v) is 12.8. The molecule has 2 amide bonds. The van der Waals surface area contributed by atoms with E-state index in [1.54, 1.807) is 30.5 Å². The Morgan fingerprint density at radius 1 is 0.973 bits per heavy atom. The zero-order valence-corrected chi connectivity index (χ0v) is 22.0. The van der Waals surface area contributed by atoms with Crippen LogP contribution in [0.1, 0.15) is 34.1 Å². The van der Waals surface area contributed by atoms with E-state index in [2.05, 4.69) is 0 Å². The minimum Gasteiger partial charge on any atom is -0.493 e. The van der Waals surface area contributed by atoms with Gasteiger partial charge in [0.25, 0.3) is 11.6 Å². The van der Waals surface area contributed by atoms with Crippen LogP contribution in [0.15, 0.2) is 60.0 Å². The highest BCUT2D eigenvalue weighted by molar-refractivity contribution is 7.09. The van der Waals surface area contributed by atoms with Crippen molar-refractivity contribution in [1.29, 1.82) is 0 Å². The Kier molecular flexibility index (Phi) is 10.0. The van der Waals surface area contributed by atoms with Gasteiger partial charge >= 0.3 is 0 Å². The smallest absolute Gasteiger partial charge is 0.270 e. The maximum absolute atomic E-state index is 13.5. The Balaban J connectivity index is 1.78. The molecule has 0 spiro atoms. The summed E-state index contributed by atoms with van der Waals surface area (Å²) in [5.74, 6) is 0.649. The molecule has 0 unspecified atom stereocenters. The van der Waals surface area contributed by atoms with Crippen molar-refractivity contribution in [1.82, 2.24) is 9.80 Å². The Bertz CT molecular complexity index is 1210. The quantitative estimate of drug-likeness (QED) is 0.235. The van der Waals surface area contributed by atoms with Crippen LogP contribution in [0.5, 0.6) is 11.5 Å². The second-order valence-electron chi connectivity index (χ2n) is 8.37. The molecule has 0 bridgehead atoms. The van der Waals surface area contributed by atoms with Gasteiger partial charge in [-0.15, -0.1) is 11.3 Å². The Morgan fingerprint density at radius 3 is 2.41 bits per heavy atom. The number of carbonyl (C=O) groups excluding carboxylic acids is 2. The molecule has 1 aromatic heterocycles. The first kappa shape index (κ1) is 27.7. The molecule has 37 heavy (non-hydrogen) atoms. The van der Waals surface area contributed by atoms with Gasteiger partial charge in [0.15, 0.2) is 11.5 Å². The standard InChI is InChI=1S/C27H31N3O6S/c1-4-13-29(27(32)21-7-5-8-22(17-21)30(33)34)19-26(31)28(18-23-9-6-15-37-23)14-12-20-10-11-24(35-2)25(16-20)36-3/h5-11,15-17H,4,12-14,18-19H2,1-3H3. The molecule has 2 aromatic carbocycles. The minimum absolute atomic E-state index is 0.118. The van der Waals surface area contributed by atoms with Crippen molar-refractivity contribution >= 4 is 28.8 Å². The lowest BCUT2D eigenvalue weighted by Crippen LogP contribution is -2.43. The Morgan fingerprint density at radius 2 is 1.76 bits per heavy atom. The number of nitrogens with zero attached hydrogens (tertiary/aromatic N) is 3. The number of benzene rings is 2. The van der Waals surface area contributed by atoms with Crippen LogP contribution < -0.4 is 9.47 Å². The molecule has 3 rings (SSSR count). The second-order valence-corrected chi connectivity index (χ2v) is 9.40. The molecule has 0 aliphatic carbocycles. The number of hydrogen-bond acceptors (Lipinski definition) is 7. The molecule has 0 saturated carbocycles. The average molecular weight is 526 g/mol. The van der Waals surface area contributed by atoms with E-state index in [9.17, 15) is 19.7 Å². The number of rotatable bonds is 13. The molecule has 10 heteroatoms. The van der Waals surface area contributed by atoms with Crippen LogP contribution in [0.3, 0.4) is 0 Å². The van der Waals surface area contributed by atoms with Crippen molar-refractivity contribution in [3.63, 3.8) is 0 Å². The first-order valence-electron chi connectivity index (χ1n) is 11.9. The van der Waals surface area contributed by atoms with Crippen molar-refractivity contribution in [2.75, 3.05) is 33.9 Å². The van der Waals surface area contributed by atoms with Gasteiger partial charge in [-0.25, -0.2) is 0 Å². The van der Waals surface area contributed by atoms with Crippen molar-refractivity contribution < 1.29 is 24.0 Å². The third kappa shape index (κ3) is 7.53. The van der Waals surface area contributed by atoms with Gasteiger partial charge in [0.1, 0.15) is 6.54 Å². The number of nitro benzene ring substituents is 1. The summed E-state index contributed by atoms with van der Waals surface area (Å²) in [6.07, 6.45) is 1.23. The van der Waals surface area contributed by atoms with Crippen LogP contribution in [0.2, 0.25) is 0 Å². The highest BCUT2D eigenvalue weighted by atomic mass is 32.1. The molecule has 0 radical (unpaired) electrons. The molecule has 0 aliphatic rings. The maximum Gasteiger partial charge on any atom is 0.270 e. The number of hydrogen-bond donors (Lipinski definition) is 0. The number of amides is 2. The maximum atomic E-state index is 13.5. The van der Waals surface area contributed by atoms with Gasteiger partial charge in [-0.05, 0) is 48.1 Å². The normalized spacial score (nSPS) is 10.6. The van der Waals surface area contributed by atoms with Crippen LogP contribution in [-0.4, -0.2) is 60.4 Å².